The first-order valence-electron chi connectivity index (χ1n) is 6.27. The molecule has 1 N–H and O–H groups in total. The van der Waals surface area contributed by atoms with Crippen LogP contribution in [-0.4, -0.2) is 39.3 Å². The second-order valence-electron chi connectivity index (χ2n) is 4.31. The quantitative estimate of drug-likeness (QED) is 0.107. The zero-order valence-electron chi connectivity index (χ0n) is 12.1. The van der Waals surface area contributed by atoms with Crippen LogP contribution < -0.4 is 43.0 Å². The molecular weight excluding hydrogens is 589 g/mol. The van der Waals surface area contributed by atoms with Gasteiger partial charge in [-0.3, -0.25) is 0 Å². The van der Waals surface area contributed by atoms with Crippen molar-refractivity contribution in [1.82, 2.24) is 1.33 Å². The third-order valence-corrected chi connectivity index (χ3v) is 12.1. The Morgan fingerprint density at radius 3 is 1.45 bits per heavy atom. The van der Waals surface area contributed by atoms with E-state index in [0.717, 1.165) is 6.92 Å². The number of halogens is 8. The Balaban J connectivity index is 0. The van der Waals surface area contributed by atoms with Crippen molar-refractivity contribution in [3.63, 3.8) is 0 Å². The summed E-state index contributed by atoms with van der Waals surface area (Å²) >= 11 is -1.87. The molecule has 0 saturated carbocycles. The van der Waals surface area contributed by atoms with Crippen molar-refractivity contribution in [2.45, 2.75) is 57.6 Å². The van der Waals surface area contributed by atoms with Gasteiger partial charge in [-0.1, -0.05) is 0 Å². The average Bonchev–Trinajstić information content (AvgIpc) is 2.34. The monoisotopic (exact) mass is 607 g/mol. The Kier molecular flexibility index (Phi) is 12.2. The second-order valence-corrected chi connectivity index (χ2v) is 11.8. The van der Waals surface area contributed by atoms with E-state index in [0.29, 0.717) is 21.7 Å². The van der Waals surface area contributed by atoms with Gasteiger partial charge in [0.2, 0.25) is 0 Å². The largest absolute Gasteiger partial charge is 0 e. The first kappa shape index (κ1) is 25.7. The number of nitrogens with zero attached hydrogens (tertiary/aromatic N) is 1. The van der Waals surface area contributed by atoms with Crippen LogP contribution in [0.5, 0.6) is 0 Å². The van der Waals surface area contributed by atoms with Crippen LogP contribution in [-0.2, 0) is 16.5 Å². The molecule has 1 atom stereocenters. The van der Waals surface area contributed by atoms with Crippen molar-refractivity contribution in [3.8, 4) is 0 Å². The maximum atomic E-state index is 12.9. The molecule has 0 heterocycles. The second kappa shape index (κ2) is 10.4. The predicted octanol–water partition coefficient (Wildman–Crippen LogP) is -2.64. The van der Waals surface area contributed by atoms with E-state index in [9.17, 15) is 31.4 Å². The molecule has 0 amide bonds. The van der Waals surface area contributed by atoms with Crippen molar-refractivity contribution in [2.75, 3.05) is 8.86 Å². The molecular formula is C11H19F6I2NNiO-2. The molecule has 2 nitrogen and oxygen atoms in total. The molecule has 0 radical (unpaired) electrons. The van der Waals surface area contributed by atoms with E-state index >= 15 is 0 Å². The minimum Gasteiger partial charge on any atom is 0 e. The molecule has 0 aliphatic heterocycles. The smallest absolute Gasteiger partial charge is 0 e. The molecule has 0 rings (SSSR count). The minimum atomic E-state index is -5.74. The van der Waals surface area contributed by atoms with Gasteiger partial charge in [-0.15, -0.1) is 0 Å². The standard InChI is InChI=1S/C11H19F6I2NO.Ni/c1-4-6-18-20(19-7-5-2)8(3)9(21,10(12,13)14)11(15,16)17;/h8,21H,4-7H2,1-3H3;/q-2;. The fraction of sp³-hybridized carbons (Fsp3) is 1.00. The zero-order chi connectivity index (χ0) is 16.9. The normalized spacial score (nSPS) is 15.2. The summed E-state index contributed by atoms with van der Waals surface area (Å²) in [6.07, 6.45) is -10.1. The van der Waals surface area contributed by atoms with Gasteiger partial charge >= 0.3 is 142 Å². The third kappa shape index (κ3) is 6.40. The van der Waals surface area contributed by atoms with Gasteiger partial charge in [-0.2, -0.15) is 0 Å². The van der Waals surface area contributed by atoms with Crippen LogP contribution in [0, 0.1) is 0 Å². The SMILES string of the molecule is CCC[I-]N([I-]CCC)C(C)C(O)(C(F)(F)F)C(F)(F)F.[Ni]. The Hall–Kier alpha value is 1.45. The maximum absolute atomic E-state index is 12.9. The first-order chi connectivity index (χ1) is 9.43. The molecule has 0 bridgehead atoms. The summed E-state index contributed by atoms with van der Waals surface area (Å²) in [4.78, 5) is 0. The van der Waals surface area contributed by atoms with Crippen LogP contribution in [0.3, 0.4) is 0 Å². The topological polar surface area (TPSA) is 23.5 Å². The van der Waals surface area contributed by atoms with E-state index in [1.807, 2.05) is 13.8 Å². The van der Waals surface area contributed by atoms with Crippen LogP contribution in [0.1, 0.15) is 33.6 Å². The van der Waals surface area contributed by atoms with Crippen LogP contribution in [0.15, 0.2) is 0 Å². The Labute approximate surface area is 157 Å². The number of hydrogen-bond donors (Lipinski definition) is 1. The fourth-order valence-corrected chi connectivity index (χ4v) is 9.07. The molecule has 11 heteroatoms. The van der Waals surface area contributed by atoms with E-state index < -0.39 is 67.0 Å². The van der Waals surface area contributed by atoms with Crippen molar-refractivity contribution >= 4 is 0 Å². The summed E-state index contributed by atoms with van der Waals surface area (Å²) in [7, 11) is 0. The summed E-state index contributed by atoms with van der Waals surface area (Å²) in [6.45, 7) is 4.51. The van der Waals surface area contributed by atoms with Gasteiger partial charge in [-0.05, 0) is 0 Å². The Morgan fingerprint density at radius 1 is 0.909 bits per heavy atom. The van der Waals surface area contributed by atoms with E-state index in [1.165, 1.54) is 1.33 Å². The summed E-state index contributed by atoms with van der Waals surface area (Å²) in [5.41, 5.74) is -4.67. The number of aliphatic hydroxyl groups is 1. The predicted molar refractivity (Wildman–Crippen MR) is 58.7 cm³/mol. The van der Waals surface area contributed by atoms with Gasteiger partial charge < -0.3 is 0 Å². The Morgan fingerprint density at radius 2 is 1.23 bits per heavy atom. The van der Waals surface area contributed by atoms with Crippen LogP contribution in [0.2, 0.25) is 0 Å². The maximum Gasteiger partial charge on any atom is 0 e. The van der Waals surface area contributed by atoms with Crippen LogP contribution in [0.4, 0.5) is 26.3 Å². The van der Waals surface area contributed by atoms with E-state index in [2.05, 4.69) is 0 Å². The van der Waals surface area contributed by atoms with Gasteiger partial charge in [-0.25, -0.2) is 0 Å². The van der Waals surface area contributed by atoms with Crippen molar-refractivity contribution in [1.29, 1.82) is 0 Å². The van der Waals surface area contributed by atoms with Gasteiger partial charge in [0.15, 0.2) is 0 Å². The molecule has 142 valence electrons. The van der Waals surface area contributed by atoms with Crippen molar-refractivity contribution < 1.29 is 90.9 Å². The molecule has 0 aromatic carbocycles. The molecule has 1 unspecified atom stereocenters. The molecule has 0 aromatic heterocycles. The van der Waals surface area contributed by atoms with E-state index in [1.54, 1.807) is 0 Å². The molecule has 0 aromatic rings. The minimum absolute atomic E-state index is 0. The molecule has 22 heavy (non-hydrogen) atoms. The number of alkyl halides is 8. The fourth-order valence-electron chi connectivity index (χ4n) is 1.35. The molecule has 0 spiro atoms. The Bertz CT molecular complexity index is 294. The van der Waals surface area contributed by atoms with Gasteiger partial charge in [0.05, 0.1) is 0 Å². The average molecular weight is 608 g/mol. The molecule has 0 aliphatic rings. The summed E-state index contributed by atoms with van der Waals surface area (Å²) < 4.78 is 79.8. The zero-order valence-corrected chi connectivity index (χ0v) is 17.4. The van der Waals surface area contributed by atoms with Gasteiger partial charge in [0, 0.05) is 16.5 Å². The number of hydrogen-bond acceptors (Lipinski definition) is 2. The van der Waals surface area contributed by atoms with Crippen molar-refractivity contribution in [3.05, 3.63) is 0 Å². The summed E-state index contributed by atoms with van der Waals surface area (Å²) in [6, 6.07) is -1.99. The van der Waals surface area contributed by atoms with E-state index in [4.69, 9.17) is 0 Å². The van der Waals surface area contributed by atoms with Gasteiger partial charge in [0.25, 0.3) is 0 Å². The number of rotatable bonds is 8. The third-order valence-electron chi connectivity index (χ3n) is 2.54. The van der Waals surface area contributed by atoms with Crippen LogP contribution >= 0.6 is 0 Å². The van der Waals surface area contributed by atoms with Gasteiger partial charge in [0.1, 0.15) is 0 Å². The first-order valence-corrected chi connectivity index (χ1v) is 11.2. The summed E-state index contributed by atoms with van der Waals surface area (Å²) in [5, 5.41) is 9.47. The van der Waals surface area contributed by atoms with E-state index in [-0.39, 0.29) is 16.5 Å². The molecule has 0 saturated heterocycles. The molecule has 0 fully saturated rings. The van der Waals surface area contributed by atoms with Crippen molar-refractivity contribution in [2.24, 2.45) is 0 Å². The summed E-state index contributed by atoms with van der Waals surface area (Å²) in [5.74, 6) is 0. The molecule has 0 aliphatic carbocycles. The van der Waals surface area contributed by atoms with Crippen LogP contribution in [0.25, 0.3) is 0 Å².